The third-order valence-electron chi connectivity index (χ3n) is 3.81. The standard InChI is InChI=1S/C16H22FN3O2/c1-11(18)9-15(21)20-7-5-12(6-8-20)16(22)19-14-4-2-3-13(17)10-14/h2-4,10-12H,5-9,18H2,1H3,(H,19,22). The van der Waals surface area contributed by atoms with E-state index in [0.29, 0.717) is 38.0 Å². The topological polar surface area (TPSA) is 75.4 Å². The quantitative estimate of drug-likeness (QED) is 0.889. The zero-order valence-corrected chi connectivity index (χ0v) is 12.7. The second-order valence-electron chi connectivity index (χ2n) is 5.84. The summed E-state index contributed by atoms with van der Waals surface area (Å²) in [5, 5.41) is 2.73. The van der Waals surface area contributed by atoms with Gasteiger partial charge < -0.3 is 16.0 Å². The minimum absolute atomic E-state index is 0.0407. The van der Waals surface area contributed by atoms with Crippen molar-refractivity contribution in [2.75, 3.05) is 18.4 Å². The summed E-state index contributed by atoms with van der Waals surface area (Å²) in [7, 11) is 0. The number of hydrogen-bond acceptors (Lipinski definition) is 3. The number of carbonyl (C=O) groups is 2. The molecule has 1 aliphatic heterocycles. The number of amides is 2. The maximum absolute atomic E-state index is 13.1. The second kappa shape index (κ2) is 7.35. The van der Waals surface area contributed by atoms with Gasteiger partial charge in [-0.2, -0.15) is 0 Å². The van der Waals surface area contributed by atoms with Gasteiger partial charge >= 0.3 is 0 Å². The molecule has 1 aromatic rings. The highest BCUT2D eigenvalue weighted by Gasteiger charge is 2.27. The van der Waals surface area contributed by atoms with E-state index in [-0.39, 0.29) is 29.6 Å². The zero-order valence-electron chi connectivity index (χ0n) is 12.7. The highest BCUT2D eigenvalue weighted by molar-refractivity contribution is 5.92. The molecule has 1 saturated heterocycles. The molecular formula is C16H22FN3O2. The molecule has 6 heteroatoms. The summed E-state index contributed by atoms with van der Waals surface area (Å²) >= 11 is 0. The van der Waals surface area contributed by atoms with Gasteiger partial charge in [-0.3, -0.25) is 9.59 Å². The van der Waals surface area contributed by atoms with E-state index in [9.17, 15) is 14.0 Å². The highest BCUT2D eigenvalue weighted by atomic mass is 19.1. The largest absolute Gasteiger partial charge is 0.343 e. The zero-order chi connectivity index (χ0) is 16.1. The molecule has 0 bridgehead atoms. The summed E-state index contributed by atoms with van der Waals surface area (Å²) in [6.45, 7) is 2.93. The summed E-state index contributed by atoms with van der Waals surface area (Å²) in [5.41, 5.74) is 6.09. The Morgan fingerprint density at radius 1 is 1.41 bits per heavy atom. The molecule has 0 saturated carbocycles. The monoisotopic (exact) mass is 307 g/mol. The first kappa shape index (κ1) is 16.4. The summed E-state index contributed by atoms with van der Waals surface area (Å²) in [6.07, 6.45) is 1.57. The van der Waals surface area contributed by atoms with Crippen LogP contribution in [0.2, 0.25) is 0 Å². The average molecular weight is 307 g/mol. The number of rotatable bonds is 4. The second-order valence-corrected chi connectivity index (χ2v) is 5.84. The molecule has 5 nitrogen and oxygen atoms in total. The predicted octanol–water partition coefficient (Wildman–Crippen LogP) is 1.74. The summed E-state index contributed by atoms with van der Waals surface area (Å²) in [6, 6.07) is 5.68. The number of nitrogens with two attached hydrogens (primary N) is 1. The van der Waals surface area contributed by atoms with Crippen LogP contribution in [0.15, 0.2) is 24.3 Å². The molecule has 1 unspecified atom stereocenters. The lowest BCUT2D eigenvalue weighted by molar-refractivity contribution is -0.134. The van der Waals surface area contributed by atoms with Crippen LogP contribution in [0.4, 0.5) is 10.1 Å². The Hall–Kier alpha value is -1.95. The average Bonchev–Trinajstić information content (AvgIpc) is 2.46. The number of nitrogens with zero attached hydrogens (tertiary/aromatic N) is 1. The third-order valence-corrected chi connectivity index (χ3v) is 3.81. The van der Waals surface area contributed by atoms with Gasteiger partial charge in [-0.15, -0.1) is 0 Å². The van der Waals surface area contributed by atoms with Gasteiger partial charge in [0.1, 0.15) is 5.82 Å². The Labute approximate surface area is 129 Å². The van der Waals surface area contributed by atoms with Gasteiger partial charge in [-0.1, -0.05) is 6.07 Å². The van der Waals surface area contributed by atoms with E-state index in [1.54, 1.807) is 24.0 Å². The number of likely N-dealkylation sites (tertiary alicyclic amines) is 1. The molecule has 2 amide bonds. The smallest absolute Gasteiger partial charge is 0.227 e. The van der Waals surface area contributed by atoms with Crippen LogP contribution in [0.25, 0.3) is 0 Å². The van der Waals surface area contributed by atoms with Crippen molar-refractivity contribution in [3.8, 4) is 0 Å². The Kier molecular flexibility index (Phi) is 5.49. The summed E-state index contributed by atoms with van der Waals surface area (Å²) in [4.78, 5) is 25.9. The lowest BCUT2D eigenvalue weighted by Crippen LogP contribution is -2.42. The van der Waals surface area contributed by atoms with Gasteiger partial charge in [-0.05, 0) is 38.0 Å². The number of nitrogens with one attached hydrogen (secondary N) is 1. The maximum Gasteiger partial charge on any atom is 0.227 e. The molecule has 1 heterocycles. The molecule has 1 atom stereocenters. The number of hydrogen-bond donors (Lipinski definition) is 2. The summed E-state index contributed by atoms with van der Waals surface area (Å²) < 4.78 is 13.1. The molecule has 0 aliphatic carbocycles. The molecule has 1 aromatic carbocycles. The van der Waals surface area contributed by atoms with Crippen LogP contribution in [-0.2, 0) is 9.59 Å². The molecule has 22 heavy (non-hydrogen) atoms. The molecule has 2 rings (SSSR count). The molecule has 0 spiro atoms. The number of halogens is 1. The first-order valence-corrected chi connectivity index (χ1v) is 7.55. The van der Waals surface area contributed by atoms with E-state index in [4.69, 9.17) is 5.73 Å². The third kappa shape index (κ3) is 4.53. The molecular weight excluding hydrogens is 285 g/mol. The number of carbonyl (C=O) groups excluding carboxylic acids is 2. The van der Waals surface area contributed by atoms with Crippen LogP contribution < -0.4 is 11.1 Å². The van der Waals surface area contributed by atoms with Crippen LogP contribution in [0.5, 0.6) is 0 Å². The minimum atomic E-state index is -0.380. The first-order valence-electron chi connectivity index (χ1n) is 7.55. The van der Waals surface area contributed by atoms with Gasteiger partial charge in [0.05, 0.1) is 0 Å². The lowest BCUT2D eigenvalue weighted by atomic mass is 9.95. The van der Waals surface area contributed by atoms with Crippen molar-refractivity contribution < 1.29 is 14.0 Å². The van der Waals surface area contributed by atoms with Crippen molar-refractivity contribution in [2.24, 2.45) is 11.7 Å². The predicted molar refractivity (Wildman–Crippen MR) is 82.6 cm³/mol. The van der Waals surface area contributed by atoms with Gasteiger partial charge in [0.25, 0.3) is 0 Å². The van der Waals surface area contributed by atoms with Crippen LogP contribution in [-0.4, -0.2) is 35.8 Å². The Balaban J connectivity index is 1.83. The Bertz CT molecular complexity index is 540. The minimum Gasteiger partial charge on any atom is -0.343 e. The van der Waals surface area contributed by atoms with Crippen molar-refractivity contribution >= 4 is 17.5 Å². The van der Waals surface area contributed by atoms with Crippen molar-refractivity contribution in [1.82, 2.24) is 4.90 Å². The van der Waals surface area contributed by atoms with Crippen molar-refractivity contribution in [1.29, 1.82) is 0 Å². The van der Waals surface area contributed by atoms with E-state index in [1.165, 1.54) is 12.1 Å². The van der Waals surface area contributed by atoms with E-state index in [0.717, 1.165) is 0 Å². The van der Waals surface area contributed by atoms with E-state index in [1.807, 2.05) is 0 Å². The van der Waals surface area contributed by atoms with E-state index >= 15 is 0 Å². The van der Waals surface area contributed by atoms with E-state index < -0.39 is 0 Å². The molecule has 1 fully saturated rings. The number of piperidine rings is 1. The fraction of sp³-hybridized carbons (Fsp3) is 0.500. The van der Waals surface area contributed by atoms with Gasteiger partial charge in [0.2, 0.25) is 11.8 Å². The lowest BCUT2D eigenvalue weighted by Gasteiger charge is -2.31. The van der Waals surface area contributed by atoms with E-state index in [2.05, 4.69) is 5.32 Å². The fourth-order valence-electron chi connectivity index (χ4n) is 2.61. The van der Waals surface area contributed by atoms with Crippen LogP contribution in [0.3, 0.4) is 0 Å². The molecule has 0 radical (unpaired) electrons. The Morgan fingerprint density at radius 2 is 2.09 bits per heavy atom. The number of anilines is 1. The molecule has 1 aliphatic rings. The van der Waals surface area contributed by atoms with Gasteiger partial charge in [-0.25, -0.2) is 4.39 Å². The van der Waals surface area contributed by atoms with Crippen LogP contribution >= 0.6 is 0 Å². The highest BCUT2D eigenvalue weighted by Crippen LogP contribution is 2.20. The molecule has 120 valence electrons. The van der Waals surface area contributed by atoms with Gasteiger partial charge in [0.15, 0.2) is 0 Å². The number of benzene rings is 1. The van der Waals surface area contributed by atoms with Crippen molar-refractivity contribution in [3.63, 3.8) is 0 Å². The van der Waals surface area contributed by atoms with Crippen molar-refractivity contribution in [3.05, 3.63) is 30.1 Å². The first-order chi connectivity index (χ1) is 10.5. The van der Waals surface area contributed by atoms with Crippen LogP contribution in [0, 0.1) is 11.7 Å². The Morgan fingerprint density at radius 3 is 2.68 bits per heavy atom. The summed E-state index contributed by atoms with van der Waals surface area (Å²) in [5.74, 6) is -0.611. The fourth-order valence-corrected chi connectivity index (χ4v) is 2.61. The molecule has 3 N–H and O–H groups in total. The maximum atomic E-state index is 13.1. The van der Waals surface area contributed by atoms with Crippen molar-refractivity contribution in [2.45, 2.75) is 32.2 Å². The van der Waals surface area contributed by atoms with Crippen LogP contribution in [0.1, 0.15) is 26.2 Å². The normalized spacial score (nSPS) is 17.1. The van der Waals surface area contributed by atoms with Gasteiger partial charge in [0, 0.05) is 37.2 Å². The molecule has 0 aromatic heterocycles. The SMILES string of the molecule is CC(N)CC(=O)N1CCC(C(=O)Nc2cccc(F)c2)CC1.